The second-order valence-corrected chi connectivity index (χ2v) is 7.84. The summed E-state index contributed by atoms with van der Waals surface area (Å²) in [4.78, 5) is 28.2. The number of para-hydroxylation sites is 1. The molecular formula is C20H26N4O2S. The van der Waals surface area contributed by atoms with Crippen LogP contribution in [0.15, 0.2) is 35.7 Å². The van der Waals surface area contributed by atoms with E-state index in [1.54, 1.807) is 11.4 Å². The Morgan fingerprint density at radius 3 is 2.67 bits per heavy atom. The third-order valence-corrected chi connectivity index (χ3v) is 5.56. The predicted molar refractivity (Wildman–Crippen MR) is 110 cm³/mol. The predicted octanol–water partition coefficient (Wildman–Crippen LogP) is 2.91. The molecule has 3 rings (SSSR count). The van der Waals surface area contributed by atoms with Crippen molar-refractivity contribution in [3.05, 3.63) is 46.8 Å². The van der Waals surface area contributed by atoms with Gasteiger partial charge < -0.3 is 16.0 Å². The van der Waals surface area contributed by atoms with Crippen molar-refractivity contribution in [3.63, 3.8) is 0 Å². The van der Waals surface area contributed by atoms with Crippen molar-refractivity contribution in [1.82, 2.24) is 4.90 Å². The lowest BCUT2D eigenvalue weighted by Gasteiger charge is -2.31. The molecule has 2 aromatic rings. The number of carbonyl (C=O) groups excluding carboxylic acids is 2. The molecule has 0 saturated carbocycles. The molecule has 0 aliphatic carbocycles. The van der Waals surface area contributed by atoms with Crippen LogP contribution in [0, 0.1) is 0 Å². The molecule has 6 nitrogen and oxygen atoms in total. The number of amides is 2. The van der Waals surface area contributed by atoms with Crippen molar-refractivity contribution < 1.29 is 9.59 Å². The average Bonchev–Trinajstić information content (AvgIpc) is 3.11. The fraction of sp³-hybridized carbons (Fsp3) is 0.400. The Balaban J connectivity index is 1.60. The summed E-state index contributed by atoms with van der Waals surface area (Å²) in [7, 11) is 1.93. The number of nitrogens with zero attached hydrogens (tertiary/aromatic N) is 2. The molecule has 1 saturated heterocycles. The van der Waals surface area contributed by atoms with E-state index in [0.717, 1.165) is 13.1 Å². The van der Waals surface area contributed by atoms with Gasteiger partial charge in [-0.05, 0) is 49.4 Å². The number of nitrogens with two attached hydrogens (primary N) is 1. The zero-order valence-corrected chi connectivity index (χ0v) is 16.4. The van der Waals surface area contributed by atoms with Crippen molar-refractivity contribution in [1.29, 1.82) is 0 Å². The molecule has 1 aromatic heterocycles. The lowest BCUT2D eigenvalue weighted by atomic mass is 10.1. The number of hydrogen-bond acceptors (Lipinski definition) is 5. The first kappa shape index (κ1) is 19.4. The van der Waals surface area contributed by atoms with Crippen molar-refractivity contribution in [2.24, 2.45) is 5.73 Å². The molecule has 1 aromatic carbocycles. The molecule has 2 amide bonds. The van der Waals surface area contributed by atoms with E-state index in [2.05, 4.69) is 28.4 Å². The van der Waals surface area contributed by atoms with Gasteiger partial charge in [-0.15, -0.1) is 11.3 Å². The normalized spacial score (nSPS) is 14.4. The molecule has 0 spiro atoms. The Hall–Kier alpha value is -2.38. The zero-order chi connectivity index (χ0) is 19.2. The number of rotatable bonds is 7. The molecule has 3 N–H and O–H groups in total. The Morgan fingerprint density at radius 1 is 1.19 bits per heavy atom. The fourth-order valence-corrected chi connectivity index (χ4v) is 4.25. The van der Waals surface area contributed by atoms with E-state index < -0.39 is 5.91 Å². The quantitative estimate of drug-likeness (QED) is 0.767. The van der Waals surface area contributed by atoms with E-state index >= 15 is 0 Å². The van der Waals surface area contributed by atoms with Gasteiger partial charge in [-0.1, -0.05) is 18.2 Å². The highest BCUT2D eigenvalue weighted by Crippen LogP contribution is 2.25. The van der Waals surface area contributed by atoms with E-state index in [1.165, 1.54) is 41.9 Å². The number of anilines is 2. The van der Waals surface area contributed by atoms with Gasteiger partial charge >= 0.3 is 0 Å². The molecule has 27 heavy (non-hydrogen) atoms. The molecule has 0 bridgehead atoms. The standard InChI is InChI=1S/C20H26N4O2S/c1-23(14-18(25)22-20-16(19(21)26)9-12-27-20)13-15-7-3-4-8-17(15)24-10-5-2-6-11-24/h3-4,7-9,12H,2,5-6,10-11,13-14H2,1H3,(H2,21,26)(H,22,25). The van der Waals surface area contributed by atoms with Gasteiger partial charge in [0.05, 0.1) is 12.1 Å². The van der Waals surface area contributed by atoms with Crippen LogP contribution in [0.1, 0.15) is 35.2 Å². The molecule has 7 heteroatoms. The number of piperidine rings is 1. The van der Waals surface area contributed by atoms with Crippen LogP contribution in [0.5, 0.6) is 0 Å². The third kappa shape index (κ3) is 5.08. The Kier molecular flexibility index (Phi) is 6.47. The third-order valence-electron chi connectivity index (χ3n) is 4.73. The first-order chi connectivity index (χ1) is 13.0. The number of benzene rings is 1. The molecule has 2 heterocycles. The second-order valence-electron chi connectivity index (χ2n) is 6.92. The van der Waals surface area contributed by atoms with Crippen molar-refractivity contribution in [3.8, 4) is 0 Å². The lowest BCUT2D eigenvalue weighted by molar-refractivity contribution is -0.117. The minimum Gasteiger partial charge on any atom is -0.371 e. The molecule has 0 atom stereocenters. The van der Waals surface area contributed by atoms with E-state index in [0.29, 0.717) is 17.1 Å². The summed E-state index contributed by atoms with van der Waals surface area (Å²) in [5, 5.41) is 5.05. The zero-order valence-electron chi connectivity index (χ0n) is 15.6. The maximum Gasteiger partial charge on any atom is 0.251 e. The van der Waals surface area contributed by atoms with E-state index in [4.69, 9.17) is 5.73 Å². The second kappa shape index (κ2) is 9.01. The lowest BCUT2D eigenvalue weighted by Crippen LogP contribution is -2.33. The number of thiophene rings is 1. The van der Waals surface area contributed by atoms with Gasteiger partial charge in [-0.2, -0.15) is 0 Å². The number of nitrogens with one attached hydrogen (secondary N) is 1. The number of likely N-dealkylation sites (N-methyl/N-ethyl adjacent to an activating group) is 1. The summed E-state index contributed by atoms with van der Waals surface area (Å²) >= 11 is 1.30. The summed E-state index contributed by atoms with van der Waals surface area (Å²) in [5.74, 6) is -0.687. The Morgan fingerprint density at radius 2 is 1.93 bits per heavy atom. The molecule has 1 fully saturated rings. The van der Waals surface area contributed by atoms with Crippen LogP contribution in [0.4, 0.5) is 10.7 Å². The molecule has 0 unspecified atom stereocenters. The monoisotopic (exact) mass is 386 g/mol. The van der Waals surface area contributed by atoms with Crippen LogP contribution >= 0.6 is 11.3 Å². The van der Waals surface area contributed by atoms with E-state index in [9.17, 15) is 9.59 Å². The first-order valence-corrected chi connectivity index (χ1v) is 10.1. The Bertz CT molecular complexity index is 799. The molecule has 1 aliphatic heterocycles. The van der Waals surface area contributed by atoms with Crippen LogP contribution in [-0.4, -0.2) is 43.4 Å². The van der Waals surface area contributed by atoms with Gasteiger partial charge in [0, 0.05) is 25.3 Å². The van der Waals surface area contributed by atoms with E-state index in [-0.39, 0.29) is 12.5 Å². The molecular weight excluding hydrogens is 360 g/mol. The van der Waals surface area contributed by atoms with Gasteiger partial charge in [-0.25, -0.2) is 0 Å². The van der Waals surface area contributed by atoms with Gasteiger partial charge in [-0.3, -0.25) is 14.5 Å². The smallest absolute Gasteiger partial charge is 0.251 e. The topological polar surface area (TPSA) is 78.7 Å². The summed E-state index contributed by atoms with van der Waals surface area (Å²) in [6.45, 7) is 3.11. The average molecular weight is 387 g/mol. The SMILES string of the molecule is CN(CC(=O)Nc1sccc1C(N)=O)Cc1ccccc1N1CCCCC1. The summed E-state index contributed by atoms with van der Waals surface area (Å²) < 4.78 is 0. The first-order valence-electron chi connectivity index (χ1n) is 9.23. The van der Waals surface area contributed by atoms with Crippen LogP contribution in [0.2, 0.25) is 0 Å². The van der Waals surface area contributed by atoms with Crippen molar-refractivity contribution in [2.75, 3.05) is 36.9 Å². The van der Waals surface area contributed by atoms with Gasteiger partial charge in [0.15, 0.2) is 0 Å². The van der Waals surface area contributed by atoms with Gasteiger partial charge in [0.25, 0.3) is 5.91 Å². The van der Waals surface area contributed by atoms with Gasteiger partial charge in [0.2, 0.25) is 5.91 Å². The van der Waals surface area contributed by atoms with Crippen molar-refractivity contribution >= 4 is 33.8 Å². The van der Waals surface area contributed by atoms with Gasteiger partial charge in [0.1, 0.15) is 5.00 Å². The van der Waals surface area contributed by atoms with Crippen molar-refractivity contribution in [2.45, 2.75) is 25.8 Å². The fourth-order valence-electron chi connectivity index (χ4n) is 3.45. The maximum atomic E-state index is 12.4. The summed E-state index contributed by atoms with van der Waals surface area (Å²) in [6, 6.07) is 10.0. The maximum absolute atomic E-state index is 12.4. The molecule has 1 aliphatic rings. The number of hydrogen-bond donors (Lipinski definition) is 2. The Labute approximate surface area is 164 Å². The van der Waals surface area contributed by atoms with Crippen LogP contribution < -0.4 is 16.0 Å². The minimum absolute atomic E-state index is 0.155. The number of primary amides is 1. The number of carbonyl (C=O) groups is 2. The van der Waals surface area contributed by atoms with Crippen LogP contribution in [-0.2, 0) is 11.3 Å². The highest BCUT2D eigenvalue weighted by atomic mass is 32.1. The van der Waals surface area contributed by atoms with E-state index in [1.807, 2.05) is 18.0 Å². The van der Waals surface area contributed by atoms with Crippen LogP contribution in [0.3, 0.4) is 0 Å². The molecule has 144 valence electrons. The largest absolute Gasteiger partial charge is 0.371 e. The minimum atomic E-state index is -0.532. The molecule has 0 radical (unpaired) electrons. The highest BCUT2D eigenvalue weighted by molar-refractivity contribution is 7.14. The highest BCUT2D eigenvalue weighted by Gasteiger charge is 2.17. The summed E-state index contributed by atoms with van der Waals surface area (Å²) in [6.07, 6.45) is 3.76. The van der Waals surface area contributed by atoms with Crippen LogP contribution in [0.25, 0.3) is 0 Å². The summed E-state index contributed by atoms with van der Waals surface area (Å²) in [5.41, 5.74) is 8.17.